The predicted molar refractivity (Wildman–Crippen MR) is 219 cm³/mol. The standard InChI is InChI=1S/C50H35N3/c1-5-17-34(18-6-1)44-33-49(29-30-49)48(52-47(51-44)35-19-7-2-8-20-35)53-45-28-16-14-26-39(45)41-31-43-40(32-46(41)53)38-25-13-15-27-42(38)50(43,36-21-9-3-10-22-36)37-23-11-4-12-24-37/h1-28,31-33H,29-30H2. The highest BCUT2D eigenvalue weighted by Crippen LogP contribution is 2.58. The highest BCUT2D eigenvalue weighted by Gasteiger charge is 2.50. The number of hydrogen-bond acceptors (Lipinski definition) is 2. The molecule has 250 valence electrons. The van der Waals surface area contributed by atoms with Gasteiger partial charge in [0, 0.05) is 21.8 Å². The number of nitrogens with zero attached hydrogens (tertiary/aromatic N) is 3. The summed E-state index contributed by atoms with van der Waals surface area (Å²) in [5.74, 6) is 1.78. The van der Waals surface area contributed by atoms with Crippen LogP contribution in [0, 0.1) is 5.41 Å². The van der Waals surface area contributed by atoms with Gasteiger partial charge in [-0.15, -0.1) is 0 Å². The Bertz CT molecular complexity index is 2760. The summed E-state index contributed by atoms with van der Waals surface area (Å²) in [6.07, 6.45) is 4.44. The molecule has 8 aromatic rings. The largest absolute Gasteiger partial charge is 0.296 e. The lowest BCUT2D eigenvalue weighted by Gasteiger charge is -2.34. The van der Waals surface area contributed by atoms with Gasteiger partial charge in [0.25, 0.3) is 0 Å². The lowest BCUT2D eigenvalue weighted by atomic mass is 9.67. The Morgan fingerprint density at radius 2 is 1.04 bits per heavy atom. The summed E-state index contributed by atoms with van der Waals surface area (Å²) < 4.78 is 2.47. The SMILES string of the molecule is C1=C(c2ccccc2)N=C(c2ccccc2)N=C(n2c3ccccc3c3cc4c(cc32)-c2ccccc2C4(c2ccccc2)c2ccccc2)C12CC2. The molecule has 1 saturated carbocycles. The van der Waals surface area contributed by atoms with Crippen molar-refractivity contribution < 1.29 is 0 Å². The minimum absolute atomic E-state index is 0.241. The van der Waals surface area contributed by atoms with Crippen molar-refractivity contribution in [1.29, 1.82) is 0 Å². The van der Waals surface area contributed by atoms with Crippen molar-refractivity contribution in [2.45, 2.75) is 18.3 Å². The minimum Gasteiger partial charge on any atom is -0.296 e. The van der Waals surface area contributed by atoms with Gasteiger partial charge in [-0.05, 0) is 76.1 Å². The minimum atomic E-state index is -0.468. The maximum Gasteiger partial charge on any atom is 0.161 e. The molecular weight excluding hydrogens is 643 g/mol. The third-order valence-electron chi connectivity index (χ3n) is 11.6. The van der Waals surface area contributed by atoms with Gasteiger partial charge in [-0.25, -0.2) is 9.98 Å². The summed E-state index contributed by atoms with van der Waals surface area (Å²) in [5, 5.41) is 2.46. The summed E-state index contributed by atoms with van der Waals surface area (Å²) in [4.78, 5) is 10.9. The molecule has 11 rings (SSSR count). The summed E-state index contributed by atoms with van der Waals surface area (Å²) in [7, 11) is 0. The van der Waals surface area contributed by atoms with Crippen LogP contribution in [0.25, 0.3) is 38.6 Å². The van der Waals surface area contributed by atoms with Gasteiger partial charge in [-0.1, -0.05) is 164 Å². The second-order valence-electron chi connectivity index (χ2n) is 14.6. The lowest BCUT2D eigenvalue weighted by Crippen LogP contribution is -2.28. The number of para-hydroxylation sites is 1. The van der Waals surface area contributed by atoms with Crippen molar-refractivity contribution >= 4 is 39.2 Å². The highest BCUT2D eigenvalue weighted by molar-refractivity contribution is 6.21. The monoisotopic (exact) mass is 677 g/mol. The molecule has 2 aliphatic carbocycles. The molecule has 1 aliphatic heterocycles. The Hall–Kier alpha value is -6.58. The van der Waals surface area contributed by atoms with E-state index in [9.17, 15) is 0 Å². The Morgan fingerprint density at radius 1 is 0.453 bits per heavy atom. The van der Waals surface area contributed by atoms with E-state index in [4.69, 9.17) is 9.98 Å². The van der Waals surface area contributed by atoms with E-state index in [2.05, 4.69) is 193 Å². The predicted octanol–water partition coefficient (Wildman–Crippen LogP) is 11.7. The Labute approximate surface area is 309 Å². The van der Waals surface area contributed by atoms with Crippen molar-refractivity contribution in [3.8, 4) is 11.1 Å². The van der Waals surface area contributed by atoms with Crippen LogP contribution in [0.3, 0.4) is 0 Å². The van der Waals surface area contributed by atoms with E-state index in [1.54, 1.807) is 0 Å². The van der Waals surface area contributed by atoms with E-state index >= 15 is 0 Å². The molecule has 0 amide bonds. The molecule has 0 N–H and O–H groups in total. The smallest absolute Gasteiger partial charge is 0.161 e. The number of rotatable bonds is 4. The van der Waals surface area contributed by atoms with Gasteiger partial charge >= 0.3 is 0 Å². The van der Waals surface area contributed by atoms with Crippen LogP contribution in [-0.2, 0) is 5.41 Å². The zero-order valence-electron chi connectivity index (χ0n) is 29.2. The maximum atomic E-state index is 5.62. The number of fused-ring (bicyclic) bond motifs is 6. The number of amidine groups is 1. The van der Waals surface area contributed by atoms with E-state index < -0.39 is 5.41 Å². The van der Waals surface area contributed by atoms with E-state index in [1.165, 1.54) is 55.2 Å². The number of allylic oxidation sites excluding steroid dienone is 1. The van der Waals surface area contributed by atoms with E-state index in [-0.39, 0.29) is 5.41 Å². The summed E-state index contributed by atoms with van der Waals surface area (Å²) in [5.41, 5.74) is 12.4. The van der Waals surface area contributed by atoms with Crippen molar-refractivity contribution in [2.75, 3.05) is 0 Å². The molecule has 53 heavy (non-hydrogen) atoms. The molecule has 0 unspecified atom stereocenters. The second kappa shape index (κ2) is 11.5. The fraction of sp³-hybridized carbons (Fsp3) is 0.0800. The number of benzene rings is 7. The average Bonchev–Trinajstić information content (AvgIpc) is 3.91. The van der Waals surface area contributed by atoms with Gasteiger partial charge < -0.3 is 0 Å². The molecule has 0 atom stereocenters. The van der Waals surface area contributed by atoms with Gasteiger partial charge in [-0.2, -0.15) is 0 Å². The number of aromatic nitrogens is 1. The van der Waals surface area contributed by atoms with Crippen LogP contribution in [0.5, 0.6) is 0 Å². The van der Waals surface area contributed by atoms with Crippen LogP contribution < -0.4 is 0 Å². The Kier molecular flexibility index (Phi) is 6.51. The van der Waals surface area contributed by atoms with Crippen molar-refractivity contribution in [3.05, 3.63) is 221 Å². The molecule has 3 aliphatic rings. The molecule has 0 radical (unpaired) electrons. The molecule has 2 heterocycles. The summed E-state index contributed by atoms with van der Waals surface area (Å²) >= 11 is 0. The van der Waals surface area contributed by atoms with E-state index in [0.717, 1.165) is 41.3 Å². The molecule has 1 spiro atoms. The van der Waals surface area contributed by atoms with Crippen LogP contribution in [0.1, 0.15) is 46.2 Å². The van der Waals surface area contributed by atoms with Crippen LogP contribution >= 0.6 is 0 Å². The van der Waals surface area contributed by atoms with Gasteiger partial charge in [0.05, 0.1) is 22.1 Å². The third kappa shape index (κ3) is 4.41. The van der Waals surface area contributed by atoms with Gasteiger partial charge in [-0.3, -0.25) is 4.57 Å². The normalized spacial score (nSPS) is 16.4. The Morgan fingerprint density at radius 3 is 1.72 bits per heavy atom. The second-order valence-corrected chi connectivity index (χ2v) is 14.6. The summed E-state index contributed by atoms with van der Waals surface area (Å²) in [6.45, 7) is 0. The van der Waals surface area contributed by atoms with E-state index in [0.29, 0.717) is 0 Å². The van der Waals surface area contributed by atoms with Crippen molar-refractivity contribution in [3.63, 3.8) is 0 Å². The first-order valence-corrected chi connectivity index (χ1v) is 18.6. The van der Waals surface area contributed by atoms with Gasteiger partial charge in [0.1, 0.15) is 5.84 Å². The first-order valence-electron chi connectivity index (χ1n) is 18.6. The molecule has 0 saturated heterocycles. The first-order chi connectivity index (χ1) is 26.2. The lowest BCUT2D eigenvalue weighted by molar-refractivity contribution is 0.769. The van der Waals surface area contributed by atoms with Crippen LogP contribution in [-0.4, -0.2) is 16.2 Å². The highest BCUT2D eigenvalue weighted by atomic mass is 15.1. The van der Waals surface area contributed by atoms with Crippen molar-refractivity contribution in [2.24, 2.45) is 15.4 Å². The van der Waals surface area contributed by atoms with Gasteiger partial charge in [0.15, 0.2) is 5.84 Å². The van der Waals surface area contributed by atoms with Crippen LogP contribution in [0.4, 0.5) is 0 Å². The molecular formula is C50H35N3. The average molecular weight is 678 g/mol. The molecule has 1 fully saturated rings. The quantitative estimate of drug-likeness (QED) is 0.177. The zero-order chi connectivity index (χ0) is 35.0. The zero-order valence-corrected chi connectivity index (χ0v) is 29.2. The van der Waals surface area contributed by atoms with Crippen LogP contribution in [0.15, 0.2) is 198 Å². The van der Waals surface area contributed by atoms with Crippen LogP contribution in [0.2, 0.25) is 0 Å². The topological polar surface area (TPSA) is 29.6 Å². The van der Waals surface area contributed by atoms with E-state index in [1.807, 2.05) is 0 Å². The molecule has 3 nitrogen and oxygen atoms in total. The fourth-order valence-electron chi connectivity index (χ4n) is 9.09. The first kappa shape index (κ1) is 30.1. The molecule has 7 aromatic carbocycles. The maximum absolute atomic E-state index is 5.62. The third-order valence-corrected chi connectivity index (χ3v) is 11.6. The number of hydrogen-bond donors (Lipinski definition) is 0. The molecule has 1 aromatic heterocycles. The van der Waals surface area contributed by atoms with Gasteiger partial charge in [0.2, 0.25) is 0 Å². The number of aliphatic imine (C=N–C) groups is 2. The molecule has 0 bridgehead atoms. The van der Waals surface area contributed by atoms with Crippen molar-refractivity contribution in [1.82, 2.24) is 4.57 Å². The summed E-state index contributed by atoms with van der Waals surface area (Å²) in [6, 6.07) is 66.0. The molecule has 3 heteroatoms. The fourth-order valence-corrected chi connectivity index (χ4v) is 9.09. The Balaban J connectivity index is 1.23.